The van der Waals surface area contributed by atoms with Gasteiger partial charge in [-0.2, -0.15) is 0 Å². The van der Waals surface area contributed by atoms with Crippen molar-refractivity contribution in [3.63, 3.8) is 0 Å². The Hall–Kier alpha value is -1.08. The highest BCUT2D eigenvalue weighted by Gasteiger charge is 2.37. The Bertz CT molecular complexity index is 411. The molecule has 0 atom stereocenters. The fourth-order valence-electron chi connectivity index (χ4n) is 3.83. The van der Waals surface area contributed by atoms with E-state index in [9.17, 15) is 0 Å². The van der Waals surface area contributed by atoms with E-state index in [1.165, 1.54) is 57.1 Å². The Morgan fingerprint density at radius 3 is 2.37 bits per heavy atom. The Kier molecular flexibility index (Phi) is 4.03. The van der Waals surface area contributed by atoms with Crippen molar-refractivity contribution >= 4 is 0 Å². The first-order chi connectivity index (χ1) is 9.39. The Balaban J connectivity index is 1.77. The molecule has 1 spiro atoms. The van der Waals surface area contributed by atoms with E-state index in [1.807, 2.05) is 0 Å². The molecule has 0 saturated carbocycles. The van der Waals surface area contributed by atoms with Crippen molar-refractivity contribution in [3.8, 4) is 0 Å². The largest absolute Gasteiger partial charge is 0.293 e. The van der Waals surface area contributed by atoms with Gasteiger partial charge >= 0.3 is 0 Å². The highest BCUT2D eigenvalue weighted by atomic mass is 15.2. The van der Waals surface area contributed by atoms with Gasteiger partial charge in [0.05, 0.1) is 0 Å². The van der Waals surface area contributed by atoms with E-state index in [0.29, 0.717) is 5.54 Å². The first-order valence-corrected chi connectivity index (χ1v) is 7.83. The van der Waals surface area contributed by atoms with E-state index in [0.717, 1.165) is 6.54 Å². The van der Waals surface area contributed by atoms with Gasteiger partial charge in [-0.1, -0.05) is 48.9 Å². The van der Waals surface area contributed by atoms with Gasteiger partial charge in [-0.15, -0.1) is 0 Å². The van der Waals surface area contributed by atoms with Crippen LogP contribution in [0.1, 0.15) is 50.5 Å². The van der Waals surface area contributed by atoms with Crippen LogP contribution in [0.25, 0.3) is 0 Å². The average molecular weight is 255 g/mol. The third-order valence-corrected chi connectivity index (χ3v) is 4.93. The van der Waals surface area contributed by atoms with Crippen LogP contribution in [0.3, 0.4) is 0 Å². The van der Waals surface area contributed by atoms with Gasteiger partial charge in [0.2, 0.25) is 0 Å². The van der Waals surface area contributed by atoms with Gasteiger partial charge < -0.3 is 0 Å². The monoisotopic (exact) mass is 255 g/mol. The molecular formula is C18H25N. The summed E-state index contributed by atoms with van der Waals surface area (Å²) in [6.07, 6.45) is 14.2. The van der Waals surface area contributed by atoms with Crippen LogP contribution in [0.2, 0.25) is 0 Å². The van der Waals surface area contributed by atoms with E-state index in [4.69, 9.17) is 0 Å². The molecule has 0 unspecified atom stereocenters. The third-order valence-electron chi connectivity index (χ3n) is 4.93. The minimum Gasteiger partial charge on any atom is -0.293 e. The molecule has 1 aliphatic heterocycles. The van der Waals surface area contributed by atoms with Crippen LogP contribution in [-0.2, 0) is 6.54 Å². The van der Waals surface area contributed by atoms with Crippen molar-refractivity contribution in [1.82, 2.24) is 4.90 Å². The van der Waals surface area contributed by atoms with Gasteiger partial charge in [-0.25, -0.2) is 0 Å². The van der Waals surface area contributed by atoms with E-state index in [2.05, 4.69) is 47.4 Å². The lowest BCUT2D eigenvalue weighted by Gasteiger charge is -2.47. The molecule has 102 valence electrons. The Morgan fingerprint density at radius 2 is 1.63 bits per heavy atom. The van der Waals surface area contributed by atoms with Crippen LogP contribution in [-0.4, -0.2) is 17.0 Å². The molecule has 1 aromatic carbocycles. The van der Waals surface area contributed by atoms with Gasteiger partial charge in [-0.05, 0) is 50.6 Å². The fourth-order valence-corrected chi connectivity index (χ4v) is 3.83. The predicted molar refractivity (Wildman–Crippen MR) is 81.0 cm³/mol. The number of nitrogens with zero attached hydrogens (tertiary/aromatic N) is 1. The number of rotatable bonds is 2. The van der Waals surface area contributed by atoms with Crippen molar-refractivity contribution in [2.75, 3.05) is 6.54 Å². The zero-order valence-corrected chi connectivity index (χ0v) is 11.9. The Morgan fingerprint density at radius 1 is 0.895 bits per heavy atom. The molecule has 2 aliphatic rings. The van der Waals surface area contributed by atoms with Crippen molar-refractivity contribution in [2.45, 2.75) is 57.0 Å². The minimum atomic E-state index is 0.484. The number of hydrogen-bond donors (Lipinski definition) is 0. The van der Waals surface area contributed by atoms with Crippen LogP contribution in [0.15, 0.2) is 42.5 Å². The summed E-state index contributed by atoms with van der Waals surface area (Å²) in [4.78, 5) is 2.79. The summed E-state index contributed by atoms with van der Waals surface area (Å²) in [6.45, 7) is 2.43. The maximum absolute atomic E-state index is 2.79. The van der Waals surface area contributed by atoms with Crippen molar-refractivity contribution in [2.24, 2.45) is 0 Å². The maximum Gasteiger partial charge on any atom is 0.0239 e. The second kappa shape index (κ2) is 5.92. The molecule has 1 aliphatic carbocycles. The topological polar surface area (TPSA) is 3.24 Å². The molecule has 1 heteroatoms. The molecule has 1 heterocycles. The first-order valence-electron chi connectivity index (χ1n) is 7.83. The molecule has 1 nitrogen and oxygen atoms in total. The van der Waals surface area contributed by atoms with Gasteiger partial charge in [0, 0.05) is 12.1 Å². The molecule has 0 radical (unpaired) electrons. The second-order valence-electron chi connectivity index (χ2n) is 6.14. The van der Waals surface area contributed by atoms with Crippen LogP contribution in [0, 0.1) is 0 Å². The smallest absolute Gasteiger partial charge is 0.0239 e. The van der Waals surface area contributed by atoms with Crippen LogP contribution in [0.5, 0.6) is 0 Å². The van der Waals surface area contributed by atoms with Gasteiger partial charge in [0.25, 0.3) is 0 Å². The predicted octanol–water partition coefficient (Wildman–Crippen LogP) is 4.54. The molecule has 3 rings (SSSR count). The molecule has 0 amide bonds. The van der Waals surface area contributed by atoms with Crippen molar-refractivity contribution in [3.05, 3.63) is 48.0 Å². The average Bonchev–Trinajstić information content (AvgIpc) is 2.69. The SMILES string of the molecule is C1=CCCC2(CC1)CCCCN2Cc1ccccc1. The molecule has 0 aromatic heterocycles. The minimum absolute atomic E-state index is 0.484. The van der Waals surface area contributed by atoms with E-state index in [-0.39, 0.29) is 0 Å². The number of allylic oxidation sites excluding steroid dienone is 2. The standard InChI is InChI=1S/C18H25N/c1-2-7-13-18(12-6-1)14-8-9-15-19(18)16-17-10-4-3-5-11-17/h1-5,10-11H,6-9,12-16H2. The van der Waals surface area contributed by atoms with Gasteiger partial charge in [0.1, 0.15) is 0 Å². The maximum atomic E-state index is 2.79. The lowest BCUT2D eigenvalue weighted by Crippen LogP contribution is -2.51. The van der Waals surface area contributed by atoms with Crippen LogP contribution < -0.4 is 0 Å². The lowest BCUT2D eigenvalue weighted by atomic mass is 9.80. The highest BCUT2D eigenvalue weighted by molar-refractivity contribution is 5.15. The number of benzene rings is 1. The molecule has 1 fully saturated rings. The van der Waals surface area contributed by atoms with Crippen LogP contribution in [0.4, 0.5) is 0 Å². The molecule has 0 N–H and O–H groups in total. The summed E-state index contributed by atoms with van der Waals surface area (Å²) in [5, 5.41) is 0. The molecule has 0 bridgehead atoms. The summed E-state index contributed by atoms with van der Waals surface area (Å²) < 4.78 is 0. The summed E-state index contributed by atoms with van der Waals surface area (Å²) in [6, 6.07) is 11.0. The summed E-state index contributed by atoms with van der Waals surface area (Å²) in [5.41, 5.74) is 1.96. The van der Waals surface area contributed by atoms with Crippen molar-refractivity contribution < 1.29 is 0 Å². The third kappa shape index (κ3) is 2.92. The van der Waals surface area contributed by atoms with E-state index in [1.54, 1.807) is 0 Å². The molecule has 1 aromatic rings. The summed E-state index contributed by atoms with van der Waals surface area (Å²) in [5.74, 6) is 0. The lowest BCUT2D eigenvalue weighted by molar-refractivity contribution is 0.0267. The quantitative estimate of drug-likeness (QED) is 0.701. The van der Waals surface area contributed by atoms with Crippen molar-refractivity contribution in [1.29, 1.82) is 0 Å². The molecule has 1 saturated heterocycles. The Labute approximate surface area is 117 Å². The van der Waals surface area contributed by atoms with Gasteiger partial charge in [-0.3, -0.25) is 4.90 Å². The normalized spacial score (nSPS) is 23.4. The fraction of sp³-hybridized carbons (Fsp3) is 0.556. The number of hydrogen-bond acceptors (Lipinski definition) is 1. The van der Waals surface area contributed by atoms with Gasteiger partial charge in [0.15, 0.2) is 0 Å². The highest BCUT2D eigenvalue weighted by Crippen LogP contribution is 2.38. The van der Waals surface area contributed by atoms with E-state index < -0.39 is 0 Å². The number of piperidine rings is 1. The molecular weight excluding hydrogens is 230 g/mol. The first kappa shape index (κ1) is 12.9. The number of likely N-dealkylation sites (tertiary alicyclic amines) is 1. The van der Waals surface area contributed by atoms with Crippen LogP contribution >= 0.6 is 0 Å². The molecule has 19 heavy (non-hydrogen) atoms. The summed E-state index contributed by atoms with van der Waals surface area (Å²) >= 11 is 0. The summed E-state index contributed by atoms with van der Waals surface area (Å²) in [7, 11) is 0. The van der Waals surface area contributed by atoms with E-state index >= 15 is 0 Å². The second-order valence-corrected chi connectivity index (χ2v) is 6.14. The zero-order valence-electron chi connectivity index (χ0n) is 11.9. The zero-order chi connectivity index (χ0) is 13.0.